The fraction of sp³-hybridized carbons (Fsp3) is 0.581. The number of likely N-dealkylation sites (tertiary alicyclic amines) is 1. The average Bonchev–Trinajstić information content (AvgIpc) is 3.67. The molecule has 1 spiro atoms. The molecule has 3 N–H and O–H groups in total. The Labute approximate surface area is 255 Å². The third-order valence-corrected chi connectivity index (χ3v) is 10.9. The van der Waals surface area contributed by atoms with Crippen molar-refractivity contribution in [2.75, 3.05) is 25.9 Å². The van der Waals surface area contributed by atoms with Gasteiger partial charge in [0.2, 0.25) is 5.91 Å². The van der Waals surface area contributed by atoms with Crippen molar-refractivity contribution in [3.8, 4) is 11.5 Å². The molecule has 0 bridgehead atoms. The van der Waals surface area contributed by atoms with Gasteiger partial charge in [-0.2, -0.15) is 0 Å². The molecule has 0 radical (unpaired) electrons. The largest absolute Gasteiger partial charge is 0.448 e. The zero-order valence-corrected chi connectivity index (χ0v) is 26.2. The number of nitrogens with zero attached hydrogens (tertiary/aromatic N) is 1. The molecule has 2 unspecified atom stereocenters. The quantitative estimate of drug-likeness (QED) is 0.409. The number of rotatable bonds is 6. The molecule has 1 aliphatic carbocycles. The van der Waals surface area contributed by atoms with E-state index >= 15 is 0 Å². The van der Waals surface area contributed by atoms with Crippen LogP contribution in [-0.4, -0.2) is 59.4 Å². The van der Waals surface area contributed by atoms with Gasteiger partial charge in [-0.1, -0.05) is 11.6 Å². The summed E-state index contributed by atoms with van der Waals surface area (Å²) in [7, 11) is 0. The van der Waals surface area contributed by atoms with Crippen LogP contribution >= 0.6 is 23.4 Å². The maximum absolute atomic E-state index is 13.3. The summed E-state index contributed by atoms with van der Waals surface area (Å²) in [6.07, 6.45) is 7.67. The molecule has 1 saturated carbocycles. The van der Waals surface area contributed by atoms with Crippen molar-refractivity contribution in [2.45, 2.75) is 82.6 Å². The molecule has 3 aliphatic heterocycles. The first kappa shape index (κ1) is 29.4. The Morgan fingerprint density at radius 1 is 1.17 bits per heavy atom. The van der Waals surface area contributed by atoms with E-state index in [9.17, 15) is 14.4 Å². The number of benzene rings is 1. The molecule has 2 saturated heterocycles. The molecule has 4 aliphatic rings. The van der Waals surface area contributed by atoms with Crippen molar-refractivity contribution < 1.29 is 19.1 Å². The number of aromatic amines is 1. The minimum Gasteiger partial charge on any atom is -0.448 e. The summed E-state index contributed by atoms with van der Waals surface area (Å²) in [6.45, 7) is 8.60. The zero-order valence-electron chi connectivity index (χ0n) is 24.7. The van der Waals surface area contributed by atoms with Crippen LogP contribution in [0.3, 0.4) is 0 Å². The highest BCUT2D eigenvalue weighted by molar-refractivity contribution is 7.98. The molecule has 3 fully saturated rings. The standard InChI is InChI=1S/C31H39ClN4O5S/c1-17-11-24(42-4)22(29(39)35-17)14-33-28(38)21-12-23(32)27-26(18(21)2)40-30(3,41-27)19-5-7-20(8-6-19)36-10-9-31(16-36)13-25(37)34-15-31/h11-12,19-20H,5-10,13-16H2,1-4H3,(H,33,38)(H,34,37)(H,35,39). The number of ether oxygens (including phenoxy) is 2. The number of thioether (sulfide) groups is 1. The predicted molar refractivity (Wildman–Crippen MR) is 163 cm³/mol. The lowest BCUT2D eigenvalue weighted by atomic mass is 9.80. The molecule has 11 heteroatoms. The number of amides is 2. The number of carbonyl (C=O) groups is 2. The van der Waals surface area contributed by atoms with Crippen LogP contribution in [0.4, 0.5) is 0 Å². The first-order valence-corrected chi connectivity index (χ1v) is 16.4. The van der Waals surface area contributed by atoms with Crippen LogP contribution in [0.15, 0.2) is 21.8 Å². The van der Waals surface area contributed by atoms with Crippen LogP contribution in [-0.2, 0) is 11.3 Å². The second-order valence-corrected chi connectivity index (χ2v) is 13.9. The first-order chi connectivity index (χ1) is 20.0. The zero-order chi connectivity index (χ0) is 29.8. The van der Waals surface area contributed by atoms with Crippen LogP contribution < -0.4 is 25.7 Å². The van der Waals surface area contributed by atoms with E-state index in [1.54, 1.807) is 6.07 Å². The molecule has 4 heterocycles. The van der Waals surface area contributed by atoms with E-state index in [4.69, 9.17) is 21.1 Å². The Morgan fingerprint density at radius 2 is 1.90 bits per heavy atom. The van der Waals surface area contributed by atoms with Gasteiger partial charge in [-0.3, -0.25) is 19.3 Å². The summed E-state index contributed by atoms with van der Waals surface area (Å²) < 4.78 is 12.9. The Balaban J connectivity index is 1.11. The van der Waals surface area contributed by atoms with E-state index in [-0.39, 0.29) is 35.3 Å². The van der Waals surface area contributed by atoms with E-state index in [1.807, 2.05) is 33.1 Å². The van der Waals surface area contributed by atoms with Crippen LogP contribution in [0.25, 0.3) is 0 Å². The summed E-state index contributed by atoms with van der Waals surface area (Å²) in [6, 6.07) is 4.04. The van der Waals surface area contributed by atoms with Gasteiger partial charge >= 0.3 is 0 Å². The molecule has 1 aromatic carbocycles. The minimum absolute atomic E-state index is 0.0992. The topological polar surface area (TPSA) is 113 Å². The fourth-order valence-corrected chi connectivity index (χ4v) is 8.27. The fourth-order valence-electron chi connectivity index (χ4n) is 7.33. The number of aromatic nitrogens is 1. The lowest BCUT2D eigenvalue weighted by Gasteiger charge is -2.40. The molecule has 2 aromatic rings. The van der Waals surface area contributed by atoms with Crippen LogP contribution in [0.2, 0.25) is 5.02 Å². The molecular formula is C31H39ClN4O5S. The number of fused-ring (bicyclic) bond motifs is 1. The van der Waals surface area contributed by atoms with Gasteiger partial charge in [-0.05, 0) is 70.9 Å². The second kappa shape index (κ2) is 11.1. The van der Waals surface area contributed by atoms with Crippen LogP contribution in [0.5, 0.6) is 11.5 Å². The Bertz CT molecular complexity index is 1490. The van der Waals surface area contributed by atoms with E-state index < -0.39 is 5.79 Å². The van der Waals surface area contributed by atoms with Crippen molar-refractivity contribution in [2.24, 2.45) is 11.3 Å². The number of carbonyl (C=O) groups excluding carboxylic acids is 2. The van der Waals surface area contributed by atoms with Crippen molar-refractivity contribution in [3.05, 3.63) is 49.9 Å². The highest BCUT2D eigenvalue weighted by atomic mass is 35.5. The smallest absolute Gasteiger partial charge is 0.254 e. The molecule has 9 nitrogen and oxygen atoms in total. The van der Waals surface area contributed by atoms with Crippen molar-refractivity contribution >= 4 is 35.2 Å². The van der Waals surface area contributed by atoms with Gasteiger partial charge in [0, 0.05) is 77.6 Å². The van der Waals surface area contributed by atoms with Gasteiger partial charge in [0.25, 0.3) is 17.3 Å². The number of halogens is 1. The van der Waals surface area contributed by atoms with E-state index in [2.05, 4.69) is 20.5 Å². The highest BCUT2D eigenvalue weighted by Gasteiger charge is 2.50. The molecule has 6 rings (SSSR count). The predicted octanol–water partition coefficient (Wildman–Crippen LogP) is 4.56. The van der Waals surface area contributed by atoms with Gasteiger partial charge in [0.05, 0.1) is 5.02 Å². The van der Waals surface area contributed by atoms with Gasteiger partial charge in [-0.25, -0.2) is 0 Å². The number of hydrogen-bond donors (Lipinski definition) is 3. The summed E-state index contributed by atoms with van der Waals surface area (Å²) in [5.74, 6) is 0.158. The number of aryl methyl sites for hydroxylation is 1. The highest BCUT2D eigenvalue weighted by Crippen LogP contribution is 2.52. The molecule has 1 aromatic heterocycles. The monoisotopic (exact) mass is 614 g/mol. The second-order valence-electron chi connectivity index (χ2n) is 12.6. The van der Waals surface area contributed by atoms with Gasteiger partial charge in [0.15, 0.2) is 11.5 Å². The van der Waals surface area contributed by atoms with Gasteiger partial charge in [0.1, 0.15) is 0 Å². The summed E-state index contributed by atoms with van der Waals surface area (Å²) in [5, 5.41) is 6.25. The van der Waals surface area contributed by atoms with Gasteiger partial charge < -0.3 is 25.1 Å². The Morgan fingerprint density at radius 3 is 2.60 bits per heavy atom. The summed E-state index contributed by atoms with van der Waals surface area (Å²) in [4.78, 5) is 43.9. The SMILES string of the molecule is CSc1cc(C)[nH]c(=O)c1CNC(=O)c1cc(Cl)c2c(c1C)OC(C)(C1CCC(N3CCC4(CNC(=O)C4)C3)CC1)O2. The number of pyridine rings is 1. The molecule has 2 atom stereocenters. The Kier molecular flexibility index (Phi) is 7.77. The third-order valence-electron chi connectivity index (χ3n) is 9.79. The lowest BCUT2D eigenvalue weighted by Crippen LogP contribution is -2.47. The lowest BCUT2D eigenvalue weighted by molar-refractivity contribution is -0.124. The maximum atomic E-state index is 13.3. The number of H-pyrrole nitrogens is 1. The first-order valence-electron chi connectivity index (χ1n) is 14.8. The molecular weight excluding hydrogens is 576 g/mol. The minimum atomic E-state index is -0.868. The normalized spacial score (nSPS) is 28.8. The van der Waals surface area contributed by atoms with E-state index in [0.29, 0.717) is 45.7 Å². The van der Waals surface area contributed by atoms with Crippen LogP contribution in [0.1, 0.15) is 72.6 Å². The molecule has 2 amide bonds. The van der Waals surface area contributed by atoms with Crippen molar-refractivity contribution in [1.29, 1.82) is 0 Å². The van der Waals surface area contributed by atoms with E-state index in [1.165, 1.54) is 11.8 Å². The number of nitrogens with one attached hydrogen (secondary N) is 3. The molecule has 42 heavy (non-hydrogen) atoms. The summed E-state index contributed by atoms with van der Waals surface area (Å²) >= 11 is 8.14. The Hall–Kier alpha value is -2.69. The maximum Gasteiger partial charge on any atom is 0.254 e. The number of hydrogen-bond acceptors (Lipinski definition) is 7. The molecule has 226 valence electrons. The van der Waals surface area contributed by atoms with Crippen LogP contribution in [0, 0.1) is 25.2 Å². The van der Waals surface area contributed by atoms with Gasteiger partial charge in [-0.15, -0.1) is 11.8 Å². The average molecular weight is 615 g/mol. The summed E-state index contributed by atoms with van der Waals surface area (Å²) in [5.41, 5.74) is 2.26. The van der Waals surface area contributed by atoms with E-state index in [0.717, 1.165) is 62.3 Å². The third kappa shape index (κ3) is 5.30. The van der Waals surface area contributed by atoms with Crippen molar-refractivity contribution in [1.82, 2.24) is 20.5 Å². The van der Waals surface area contributed by atoms with Crippen molar-refractivity contribution in [3.63, 3.8) is 0 Å².